The lowest BCUT2D eigenvalue weighted by molar-refractivity contribution is 0.0959. The molecule has 0 saturated carbocycles. The van der Waals surface area contributed by atoms with Crippen molar-refractivity contribution in [3.8, 4) is 17.2 Å². The van der Waals surface area contributed by atoms with Crippen molar-refractivity contribution < 1.29 is 22.7 Å². The molecule has 5 rings (SSSR count). The van der Waals surface area contributed by atoms with E-state index in [4.69, 9.17) is 21.1 Å². The summed E-state index contributed by atoms with van der Waals surface area (Å²) < 4.78 is 42.6. The summed E-state index contributed by atoms with van der Waals surface area (Å²) in [5.41, 5.74) is 1.51. The Balaban J connectivity index is 1.63. The van der Waals surface area contributed by atoms with Crippen molar-refractivity contribution in [2.24, 2.45) is 0 Å². The molecule has 2 aromatic carbocycles. The molecule has 1 amide bonds. The zero-order chi connectivity index (χ0) is 28.6. The van der Waals surface area contributed by atoms with Gasteiger partial charge in [0.2, 0.25) is 16.0 Å². The van der Waals surface area contributed by atoms with E-state index in [2.05, 4.69) is 30.2 Å². The minimum Gasteiger partial charge on any atom is -0.494 e. The predicted octanol–water partition coefficient (Wildman–Crippen LogP) is 3.49. The van der Waals surface area contributed by atoms with E-state index in [0.29, 0.717) is 39.2 Å². The van der Waals surface area contributed by atoms with Crippen molar-refractivity contribution in [3.63, 3.8) is 0 Å². The van der Waals surface area contributed by atoms with Gasteiger partial charge in [-0.2, -0.15) is 0 Å². The van der Waals surface area contributed by atoms with Crippen LogP contribution >= 0.6 is 11.6 Å². The van der Waals surface area contributed by atoms with Crippen LogP contribution in [0.1, 0.15) is 53.4 Å². The number of ether oxygens (including phenoxy) is 2. The minimum absolute atomic E-state index is 0.118. The van der Waals surface area contributed by atoms with E-state index in [9.17, 15) is 13.2 Å². The third kappa shape index (κ3) is 4.82. The number of hydrogen-bond acceptors (Lipinski definition) is 9. The topological polar surface area (TPSA) is 150 Å². The molecular weight excluding hydrogens is 558 g/mol. The summed E-state index contributed by atoms with van der Waals surface area (Å²) in [7, 11) is -1.12. The summed E-state index contributed by atoms with van der Waals surface area (Å²) >= 11 is 5.89. The Bertz CT molecular complexity index is 1650. The summed E-state index contributed by atoms with van der Waals surface area (Å²) in [6.07, 6.45) is 2.83. The molecule has 14 heteroatoms. The Morgan fingerprint density at radius 1 is 1.00 bits per heavy atom. The van der Waals surface area contributed by atoms with Crippen LogP contribution in [0.4, 0.5) is 5.95 Å². The van der Waals surface area contributed by atoms with Crippen LogP contribution in [-0.2, 0) is 10.0 Å². The quantitative estimate of drug-likeness (QED) is 0.302. The van der Waals surface area contributed by atoms with Crippen LogP contribution in [0.15, 0.2) is 54.9 Å². The van der Waals surface area contributed by atoms with E-state index in [1.807, 2.05) is 6.07 Å². The van der Waals surface area contributed by atoms with Gasteiger partial charge in [-0.05, 0) is 30.7 Å². The Labute approximate surface area is 235 Å². The number of sulfonamides is 1. The average Bonchev–Trinajstić information content (AvgIpc) is 3.51. The number of fused-ring (bicyclic) bond motifs is 1. The van der Waals surface area contributed by atoms with Crippen molar-refractivity contribution in [2.75, 3.05) is 18.9 Å². The third-order valence-electron chi connectivity index (χ3n) is 6.84. The van der Waals surface area contributed by atoms with Crippen LogP contribution in [0.25, 0.3) is 5.69 Å². The van der Waals surface area contributed by atoms with Crippen molar-refractivity contribution in [1.29, 1.82) is 0 Å². The lowest BCUT2D eigenvalue weighted by Crippen LogP contribution is -2.32. The summed E-state index contributed by atoms with van der Waals surface area (Å²) in [6, 6.07) is 11.5. The second-order valence-corrected chi connectivity index (χ2v) is 11.6. The number of halogens is 1. The van der Waals surface area contributed by atoms with E-state index in [1.165, 1.54) is 31.2 Å². The molecule has 1 aliphatic rings. The monoisotopic (exact) mass is 583 g/mol. The number of aromatic nitrogens is 5. The first-order chi connectivity index (χ1) is 19.2. The number of para-hydroxylation sites is 1. The molecule has 3 atom stereocenters. The second-order valence-electron chi connectivity index (χ2n) is 9.12. The number of carbonyl (C=O) groups is 1. The number of nitrogens with one attached hydrogen (secondary N) is 2. The second kappa shape index (κ2) is 10.7. The number of benzene rings is 2. The van der Waals surface area contributed by atoms with Crippen LogP contribution in [0.5, 0.6) is 11.5 Å². The number of carbonyl (C=O) groups excluding carboxylic acids is 1. The lowest BCUT2D eigenvalue weighted by atomic mass is 10.0. The van der Waals surface area contributed by atoms with Gasteiger partial charge in [0.1, 0.15) is 29.1 Å². The van der Waals surface area contributed by atoms with Gasteiger partial charge in [0.15, 0.2) is 5.82 Å². The summed E-state index contributed by atoms with van der Waals surface area (Å²) in [4.78, 5) is 21.1. The molecule has 0 spiro atoms. The fourth-order valence-electron chi connectivity index (χ4n) is 4.52. The van der Waals surface area contributed by atoms with Crippen LogP contribution in [0, 0.1) is 0 Å². The molecule has 2 N–H and O–H groups in total. The molecular formula is C26H26ClN7O5S. The molecule has 0 bridgehead atoms. The van der Waals surface area contributed by atoms with Crippen LogP contribution < -0.4 is 19.5 Å². The molecule has 208 valence electrons. The van der Waals surface area contributed by atoms with Gasteiger partial charge < -0.3 is 14.8 Å². The number of rotatable bonds is 9. The Morgan fingerprint density at radius 3 is 2.30 bits per heavy atom. The first-order valence-electron chi connectivity index (χ1n) is 12.2. The number of hydrogen-bond donors (Lipinski definition) is 2. The summed E-state index contributed by atoms with van der Waals surface area (Å²) in [5.74, 6) is 0.320. The molecule has 2 aromatic heterocycles. The molecule has 0 fully saturated rings. The SMILES string of the molecule is COc1cccc(OC)c1-n1c(NS(=O)(=O)[C@@H](C)[C@H](C)c2ncc(Cl)cn2)nnc1[C@H]1NC(=O)c2ccccc21. The van der Waals surface area contributed by atoms with Crippen molar-refractivity contribution >= 4 is 33.5 Å². The number of anilines is 1. The summed E-state index contributed by atoms with van der Waals surface area (Å²) in [5, 5.41) is 10.8. The van der Waals surface area contributed by atoms with Gasteiger partial charge in [0, 0.05) is 23.9 Å². The maximum Gasteiger partial charge on any atom is 0.252 e. The van der Waals surface area contributed by atoms with Gasteiger partial charge in [0.05, 0.1) is 24.5 Å². The maximum atomic E-state index is 13.6. The zero-order valence-electron chi connectivity index (χ0n) is 22.0. The average molecular weight is 584 g/mol. The maximum absolute atomic E-state index is 13.6. The third-order valence-corrected chi connectivity index (χ3v) is 8.89. The van der Waals surface area contributed by atoms with E-state index >= 15 is 0 Å². The Morgan fingerprint density at radius 2 is 1.65 bits per heavy atom. The highest BCUT2D eigenvalue weighted by Crippen LogP contribution is 2.39. The Hall–Kier alpha value is -4.23. The molecule has 12 nitrogen and oxygen atoms in total. The minimum atomic E-state index is -4.08. The number of methoxy groups -OCH3 is 2. The number of amides is 1. The fraction of sp³-hybridized carbons (Fsp3) is 0.269. The highest BCUT2D eigenvalue weighted by molar-refractivity contribution is 7.93. The smallest absolute Gasteiger partial charge is 0.252 e. The van der Waals surface area contributed by atoms with E-state index < -0.39 is 27.2 Å². The van der Waals surface area contributed by atoms with E-state index in [-0.39, 0.29) is 17.7 Å². The number of nitrogens with zero attached hydrogens (tertiary/aromatic N) is 5. The highest BCUT2D eigenvalue weighted by atomic mass is 35.5. The Kier molecular flexibility index (Phi) is 7.34. The highest BCUT2D eigenvalue weighted by Gasteiger charge is 2.37. The van der Waals surface area contributed by atoms with Gasteiger partial charge >= 0.3 is 0 Å². The lowest BCUT2D eigenvalue weighted by Gasteiger charge is -2.22. The van der Waals surface area contributed by atoms with E-state index in [0.717, 1.165) is 0 Å². The largest absolute Gasteiger partial charge is 0.494 e. The summed E-state index contributed by atoms with van der Waals surface area (Å²) in [6.45, 7) is 3.25. The van der Waals surface area contributed by atoms with Gasteiger partial charge in [0.25, 0.3) is 5.91 Å². The molecule has 4 aromatic rings. The molecule has 0 unspecified atom stereocenters. The molecule has 40 heavy (non-hydrogen) atoms. The van der Waals surface area contributed by atoms with Crippen LogP contribution in [0.2, 0.25) is 5.02 Å². The molecule has 0 saturated heterocycles. The molecule has 0 radical (unpaired) electrons. The zero-order valence-corrected chi connectivity index (χ0v) is 23.6. The van der Waals surface area contributed by atoms with Crippen molar-refractivity contribution in [3.05, 3.63) is 82.7 Å². The fourth-order valence-corrected chi connectivity index (χ4v) is 5.85. The van der Waals surface area contributed by atoms with Crippen molar-refractivity contribution in [1.82, 2.24) is 30.0 Å². The van der Waals surface area contributed by atoms with Gasteiger partial charge in [-0.15, -0.1) is 10.2 Å². The first kappa shape index (κ1) is 27.3. The molecule has 0 aliphatic carbocycles. The normalized spacial score (nSPS) is 16.1. The first-order valence-corrected chi connectivity index (χ1v) is 14.1. The van der Waals surface area contributed by atoms with Gasteiger partial charge in [-0.1, -0.05) is 42.8 Å². The predicted molar refractivity (Wildman–Crippen MR) is 148 cm³/mol. The van der Waals surface area contributed by atoms with Gasteiger partial charge in [-0.25, -0.2) is 18.4 Å². The van der Waals surface area contributed by atoms with Gasteiger partial charge in [-0.3, -0.25) is 14.1 Å². The molecule has 3 heterocycles. The molecule has 1 aliphatic heterocycles. The standard InChI is InChI=1S/C26H26ClN7O5S/c1-14(23-28-12-16(27)13-29-23)15(2)40(36,37)33-26-32-31-24(21-17-8-5-6-9-18(17)25(35)30-21)34(26)22-19(38-3)10-7-11-20(22)39-4/h5-15,21H,1-4H3,(H,30,35)(H,32,33)/t14-,15-,21-/m0/s1. The van der Waals surface area contributed by atoms with Crippen LogP contribution in [0.3, 0.4) is 0 Å². The van der Waals surface area contributed by atoms with E-state index in [1.54, 1.807) is 50.2 Å². The van der Waals surface area contributed by atoms with Crippen molar-refractivity contribution in [2.45, 2.75) is 31.1 Å². The van der Waals surface area contributed by atoms with Crippen LogP contribution in [-0.4, -0.2) is 58.5 Å².